The predicted octanol–water partition coefficient (Wildman–Crippen LogP) is 7.28. The molecule has 0 bridgehead atoms. The Morgan fingerprint density at radius 1 is 0.569 bits per heavy atom. The number of para-hydroxylation sites is 2. The SMILES string of the molecule is Cc1cccc(N=Cc2c(C)nn(-c3ccccc3)c2O)c1C(=O)O.Cc1cccc(N=Cc2c(C)nn(-c3ccccc3)c2O)c1C(=O)O.[Cr]. The molecule has 0 spiro atoms. The van der Waals surface area contributed by atoms with Crippen LogP contribution in [0.1, 0.15) is 54.4 Å². The van der Waals surface area contributed by atoms with E-state index < -0.39 is 11.9 Å². The molecule has 4 aromatic carbocycles. The zero-order valence-corrected chi connectivity index (χ0v) is 29.4. The number of aromatic carboxylic acids is 2. The van der Waals surface area contributed by atoms with Gasteiger partial charge in [0, 0.05) is 29.8 Å². The van der Waals surface area contributed by atoms with Gasteiger partial charge < -0.3 is 20.4 Å². The molecule has 0 saturated carbocycles. The standard InChI is InChI=1S/2C19H17N3O3.Cr/c2*1-12-7-6-10-16(17(12)19(24)25)20-11-15-13(2)21-22(18(15)23)14-8-4-3-5-9-14;/h2*3-11,23H,1-2H3,(H,24,25);. The summed E-state index contributed by atoms with van der Waals surface area (Å²) in [5.41, 5.74) is 5.74. The van der Waals surface area contributed by atoms with Crippen LogP contribution in [0.25, 0.3) is 11.4 Å². The van der Waals surface area contributed by atoms with E-state index in [0.717, 1.165) is 11.4 Å². The molecular formula is C38H34CrN6O6. The van der Waals surface area contributed by atoms with Crippen molar-refractivity contribution in [2.45, 2.75) is 27.7 Å². The molecule has 6 rings (SSSR count). The van der Waals surface area contributed by atoms with Gasteiger partial charge in [0.2, 0.25) is 11.8 Å². The molecule has 13 heteroatoms. The molecule has 0 atom stereocenters. The van der Waals surface area contributed by atoms with Gasteiger partial charge in [-0.2, -0.15) is 10.2 Å². The van der Waals surface area contributed by atoms with Crippen LogP contribution in [0.4, 0.5) is 11.4 Å². The van der Waals surface area contributed by atoms with Gasteiger partial charge in [0.05, 0.1) is 56.4 Å². The van der Waals surface area contributed by atoms with Crippen molar-refractivity contribution in [1.82, 2.24) is 19.6 Å². The summed E-state index contributed by atoms with van der Waals surface area (Å²) in [7, 11) is 0. The van der Waals surface area contributed by atoms with Crippen LogP contribution in [0.2, 0.25) is 0 Å². The second kappa shape index (κ2) is 16.4. The first-order valence-electron chi connectivity index (χ1n) is 15.4. The first-order valence-corrected chi connectivity index (χ1v) is 15.4. The predicted molar refractivity (Wildman–Crippen MR) is 191 cm³/mol. The number of nitrogens with zero attached hydrogens (tertiary/aromatic N) is 6. The third-order valence-electron chi connectivity index (χ3n) is 7.76. The molecule has 51 heavy (non-hydrogen) atoms. The Morgan fingerprint density at radius 2 is 0.922 bits per heavy atom. The van der Waals surface area contributed by atoms with Crippen LogP contribution in [0.5, 0.6) is 11.8 Å². The molecule has 4 N–H and O–H groups in total. The van der Waals surface area contributed by atoms with Gasteiger partial charge in [-0.1, -0.05) is 60.7 Å². The quantitative estimate of drug-likeness (QED) is 0.119. The summed E-state index contributed by atoms with van der Waals surface area (Å²) in [4.78, 5) is 31.4. The normalized spacial score (nSPS) is 10.9. The Kier molecular flexibility index (Phi) is 12.1. The first kappa shape index (κ1) is 37.5. The summed E-state index contributed by atoms with van der Waals surface area (Å²) in [5, 5.41) is 48.3. The van der Waals surface area contributed by atoms with Crippen molar-refractivity contribution >= 4 is 35.7 Å². The van der Waals surface area contributed by atoms with Crippen molar-refractivity contribution < 1.29 is 47.4 Å². The summed E-state index contributed by atoms with van der Waals surface area (Å²) in [6, 6.07) is 28.7. The van der Waals surface area contributed by atoms with Crippen molar-refractivity contribution in [3.63, 3.8) is 0 Å². The molecular weight excluding hydrogens is 688 g/mol. The summed E-state index contributed by atoms with van der Waals surface area (Å²) >= 11 is 0. The summed E-state index contributed by atoms with van der Waals surface area (Å²) < 4.78 is 2.84. The second-order valence-electron chi connectivity index (χ2n) is 11.2. The van der Waals surface area contributed by atoms with E-state index in [2.05, 4.69) is 20.2 Å². The Morgan fingerprint density at radius 3 is 1.25 bits per heavy atom. The fourth-order valence-electron chi connectivity index (χ4n) is 5.20. The van der Waals surface area contributed by atoms with Gasteiger partial charge in [-0.3, -0.25) is 9.98 Å². The van der Waals surface area contributed by atoms with Crippen LogP contribution in [0.15, 0.2) is 107 Å². The number of carboxylic acid groups (broad SMARTS) is 2. The fraction of sp³-hybridized carbons (Fsp3) is 0.105. The monoisotopic (exact) mass is 722 g/mol. The molecule has 6 aromatic rings. The van der Waals surface area contributed by atoms with Gasteiger partial charge in [-0.15, -0.1) is 0 Å². The number of aromatic nitrogens is 4. The third-order valence-corrected chi connectivity index (χ3v) is 7.76. The number of benzene rings is 4. The smallest absolute Gasteiger partial charge is 0.338 e. The molecule has 0 aliphatic carbocycles. The number of carbonyl (C=O) groups is 2. The number of aromatic hydroxyl groups is 2. The first-order chi connectivity index (χ1) is 24.0. The Labute approximate surface area is 304 Å². The zero-order valence-electron chi connectivity index (χ0n) is 28.1. The van der Waals surface area contributed by atoms with Crippen LogP contribution in [0.3, 0.4) is 0 Å². The van der Waals surface area contributed by atoms with Crippen LogP contribution in [-0.2, 0) is 17.4 Å². The van der Waals surface area contributed by atoms with Crippen molar-refractivity contribution in [2.75, 3.05) is 0 Å². The zero-order chi connectivity index (χ0) is 35.9. The maximum atomic E-state index is 11.4. The van der Waals surface area contributed by atoms with Gasteiger partial charge in [-0.05, 0) is 75.2 Å². The average Bonchev–Trinajstić information content (AvgIpc) is 3.55. The summed E-state index contributed by atoms with van der Waals surface area (Å²) in [5.74, 6) is -2.16. The van der Waals surface area contributed by atoms with E-state index in [1.807, 2.05) is 60.7 Å². The number of hydrogen-bond donors (Lipinski definition) is 4. The average molecular weight is 723 g/mol. The van der Waals surface area contributed by atoms with Crippen LogP contribution >= 0.6 is 0 Å². The molecule has 12 nitrogen and oxygen atoms in total. The van der Waals surface area contributed by atoms with Crippen LogP contribution < -0.4 is 0 Å². The molecule has 0 saturated heterocycles. The minimum absolute atomic E-state index is 0. The number of carboxylic acids is 2. The van der Waals surface area contributed by atoms with E-state index >= 15 is 0 Å². The Balaban J connectivity index is 0.000000224. The van der Waals surface area contributed by atoms with Crippen molar-refractivity contribution in [3.8, 4) is 23.1 Å². The minimum atomic E-state index is -1.04. The topological polar surface area (TPSA) is 175 Å². The minimum Gasteiger partial charge on any atom is -0.493 e. The van der Waals surface area contributed by atoms with Crippen LogP contribution in [0, 0.1) is 27.7 Å². The van der Waals surface area contributed by atoms with Gasteiger partial charge in [0.1, 0.15) is 0 Å². The van der Waals surface area contributed by atoms with E-state index in [-0.39, 0.29) is 40.2 Å². The molecule has 0 aliphatic heterocycles. The molecule has 0 radical (unpaired) electrons. The number of aryl methyl sites for hydroxylation is 4. The molecule has 0 unspecified atom stereocenters. The molecule has 0 aliphatic rings. The van der Waals surface area contributed by atoms with Gasteiger partial charge in [0.25, 0.3) is 0 Å². The van der Waals surface area contributed by atoms with Crippen molar-refractivity contribution in [1.29, 1.82) is 0 Å². The Hall–Kier alpha value is -6.29. The molecule has 2 heterocycles. The molecule has 258 valence electrons. The van der Waals surface area contributed by atoms with Gasteiger partial charge in [0.15, 0.2) is 0 Å². The fourth-order valence-corrected chi connectivity index (χ4v) is 5.20. The van der Waals surface area contributed by atoms with Crippen molar-refractivity contribution in [2.24, 2.45) is 9.98 Å². The van der Waals surface area contributed by atoms with Gasteiger partial charge in [-0.25, -0.2) is 19.0 Å². The summed E-state index contributed by atoms with van der Waals surface area (Å²) in [6.07, 6.45) is 2.89. The van der Waals surface area contributed by atoms with E-state index in [1.54, 1.807) is 64.1 Å². The van der Waals surface area contributed by atoms with Crippen molar-refractivity contribution in [3.05, 3.63) is 142 Å². The van der Waals surface area contributed by atoms with E-state index in [4.69, 9.17) is 0 Å². The number of rotatable bonds is 8. The number of aliphatic imine (C=N–C) groups is 2. The maximum absolute atomic E-state index is 11.4. The van der Waals surface area contributed by atoms with E-state index in [1.165, 1.54) is 21.8 Å². The van der Waals surface area contributed by atoms with E-state index in [0.29, 0.717) is 45.0 Å². The maximum Gasteiger partial charge on any atom is 0.338 e. The molecule has 0 fully saturated rings. The summed E-state index contributed by atoms with van der Waals surface area (Å²) in [6.45, 7) is 6.96. The molecule has 0 amide bonds. The largest absolute Gasteiger partial charge is 0.493 e. The van der Waals surface area contributed by atoms with Crippen LogP contribution in [-0.4, -0.2) is 64.4 Å². The van der Waals surface area contributed by atoms with Gasteiger partial charge >= 0.3 is 11.9 Å². The third kappa shape index (κ3) is 8.30. The Bertz CT molecular complexity index is 2090. The molecule has 2 aromatic heterocycles. The van der Waals surface area contributed by atoms with E-state index in [9.17, 15) is 30.0 Å². The second-order valence-corrected chi connectivity index (χ2v) is 11.2. The number of hydrogen-bond acceptors (Lipinski definition) is 8.